The van der Waals surface area contributed by atoms with Crippen molar-refractivity contribution < 1.29 is 19.4 Å². The summed E-state index contributed by atoms with van der Waals surface area (Å²) in [5, 5.41) is 11.1. The van der Waals surface area contributed by atoms with Crippen LogP contribution in [0.1, 0.15) is 20.8 Å². The number of alkyl carbamates (subject to hydrolysis) is 1. The normalized spacial score (nSPS) is 12.7. The number of nitrogens with zero attached hydrogens (tertiary/aromatic N) is 1. The number of hydrogen-bond donors (Lipinski definition) is 2. The molecule has 0 aliphatic heterocycles. The van der Waals surface area contributed by atoms with Crippen molar-refractivity contribution in [2.24, 2.45) is 4.58 Å². The van der Waals surface area contributed by atoms with Crippen molar-refractivity contribution in [3.8, 4) is 0 Å². The van der Waals surface area contributed by atoms with Gasteiger partial charge in [-0.1, -0.05) is 0 Å². The van der Waals surface area contributed by atoms with Gasteiger partial charge in [0, 0.05) is 16.5 Å². The highest BCUT2D eigenvalue weighted by molar-refractivity contribution is 7.99. The number of rotatable bonds is 6. The Balaban J connectivity index is 4.67. The van der Waals surface area contributed by atoms with Crippen molar-refractivity contribution in [1.29, 1.82) is 0 Å². The van der Waals surface area contributed by atoms with Crippen LogP contribution in [0, 0.1) is 4.91 Å². The maximum Gasteiger partial charge on any atom is 0.407 e. The van der Waals surface area contributed by atoms with Crippen molar-refractivity contribution in [3.05, 3.63) is 4.91 Å². The minimum Gasteiger partial charge on any atom is -0.480 e. The van der Waals surface area contributed by atoms with Crippen LogP contribution in [0.4, 0.5) is 4.79 Å². The largest absolute Gasteiger partial charge is 0.480 e. The molecule has 1 atom stereocenters. The molecule has 16 heavy (non-hydrogen) atoms. The van der Waals surface area contributed by atoms with Crippen LogP contribution < -0.4 is 5.32 Å². The molecular weight excluding hydrogens is 236 g/mol. The van der Waals surface area contributed by atoms with Crippen molar-refractivity contribution in [2.75, 3.05) is 6.61 Å². The molecule has 0 aromatic rings. The fraction of sp³-hybridized carbons (Fsp3) is 0.750. The first-order valence-corrected chi connectivity index (χ1v) is 5.29. The summed E-state index contributed by atoms with van der Waals surface area (Å²) in [6.45, 7) is 4.72. The van der Waals surface area contributed by atoms with E-state index in [1.54, 1.807) is 6.92 Å². The van der Waals surface area contributed by atoms with Crippen molar-refractivity contribution in [3.63, 3.8) is 0 Å². The van der Waals surface area contributed by atoms with Gasteiger partial charge in [0.05, 0.1) is 11.4 Å². The summed E-state index contributed by atoms with van der Waals surface area (Å²) in [6.07, 6.45) is -0.838. The van der Waals surface area contributed by atoms with Crippen molar-refractivity contribution >= 4 is 24.0 Å². The Hall–Kier alpha value is -1.31. The first kappa shape index (κ1) is 14.7. The topological polar surface area (TPSA) is 105 Å². The highest BCUT2D eigenvalue weighted by Gasteiger charge is 2.38. The van der Waals surface area contributed by atoms with Crippen LogP contribution in [0.25, 0.3) is 0 Å². The van der Waals surface area contributed by atoms with Gasteiger partial charge in [0.2, 0.25) is 0 Å². The number of ether oxygens (including phenoxy) is 1. The average Bonchev–Trinajstić information content (AvgIpc) is 2.13. The Kier molecular flexibility index (Phi) is 5.79. The molecule has 0 unspecified atom stereocenters. The SMILES string of the molecule is CCOC(=O)N[C@H](C(=O)O)C(C)(C)SN=O. The Bertz CT molecular complexity index is 282. The van der Waals surface area contributed by atoms with Gasteiger partial charge in [0.1, 0.15) is 6.04 Å². The molecule has 0 radical (unpaired) electrons. The number of hydrogen-bond acceptors (Lipinski definition) is 6. The van der Waals surface area contributed by atoms with Crippen LogP contribution in [0.3, 0.4) is 0 Å². The fourth-order valence-corrected chi connectivity index (χ4v) is 1.43. The van der Waals surface area contributed by atoms with E-state index >= 15 is 0 Å². The predicted octanol–water partition coefficient (Wildman–Crippen LogP) is 1.38. The summed E-state index contributed by atoms with van der Waals surface area (Å²) in [6, 6.07) is -1.26. The van der Waals surface area contributed by atoms with Crippen LogP contribution in [-0.4, -0.2) is 34.6 Å². The number of nitrogens with one attached hydrogen (secondary N) is 1. The van der Waals surface area contributed by atoms with Gasteiger partial charge in [-0.05, 0) is 20.8 Å². The number of aliphatic carboxylic acids is 1. The molecule has 92 valence electrons. The number of carbonyl (C=O) groups excluding carboxylic acids is 1. The van der Waals surface area contributed by atoms with Crippen molar-refractivity contribution in [2.45, 2.75) is 31.6 Å². The summed E-state index contributed by atoms with van der Waals surface area (Å²) < 4.78 is 6.08. The third kappa shape index (κ3) is 4.47. The van der Waals surface area contributed by atoms with Crippen LogP contribution in [0.15, 0.2) is 4.58 Å². The highest BCUT2D eigenvalue weighted by Crippen LogP contribution is 2.29. The minimum absolute atomic E-state index is 0.137. The summed E-state index contributed by atoms with van der Waals surface area (Å²) >= 11 is 0.548. The van der Waals surface area contributed by atoms with E-state index < -0.39 is 22.9 Å². The zero-order valence-electron chi connectivity index (χ0n) is 9.22. The monoisotopic (exact) mass is 250 g/mol. The Morgan fingerprint density at radius 1 is 1.56 bits per heavy atom. The average molecular weight is 250 g/mol. The third-order valence-electron chi connectivity index (χ3n) is 1.75. The molecule has 0 saturated carbocycles. The number of carboxylic acid groups (broad SMARTS) is 1. The molecule has 0 aromatic heterocycles. The lowest BCUT2D eigenvalue weighted by molar-refractivity contribution is -0.140. The molecule has 0 aliphatic carbocycles. The summed E-state index contributed by atoms with van der Waals surface area (Å²) in [4.78, 5) is 32.2. The van der Waals surface area contributed by atoms with Gasteiger partial charge in [-0.3, -0.25) is 0 Å². The molecule has 7 nitrogen and oxygen atoms in total. The highest BCUT2D eigenvalue weighted by atomic mass is 32.2. The van der Waals surface area contributed by atoms with Gasteiger partial charge >= 0.3 is 12.1 Å². The van der Waals surface area contributed by atoms with Crippen LogP contribution in [-0.2, 0) is 9.53 Å². The van der Waals surface area contributed by atoms with E-state index in [4.69, 9.17) is 5.11 Å². The Labute approximate surface area is 97.0 Å². The van der Waals surface area contributed by atoms with Crippen LogP contribution in [0.2, 0.25) is 0 Å². The maximum absolute atomic E-state index is 11.1. The zero-order valence-corrected chi connectivity index (χ0v) is 10.0. The standard InChI is InChI=1S/C8H14N2O5S/c1-4-15-7(13)9-5(6(11)12)8(2,3)16-10-14/h5H,4H2,1-3H3,(H,9,13)(H,11,12)/t5-/m1/s1. The number of amides is 1. The molecule has 0 bridgehead atoms. The Morgan fingerprint density at radius 2 is 2.12 bits per heavy atom. The molecule has 0 saturated heterocycles. The van der Waals surface area contributed by atoms with E-state index in [0.29, 0.717) is 11.9 Å². The van der Waals surface area contributed by atoms with E-state index in [1.807, 2.05) is 0 Å². The summed E-state index contributed by atoms with van der Waals surface area (Å²) in [5.74, 6) is -1.26. The number of nitroso groups, excluding NO2 is 1. The molecule has 1 amide bonds. The van der Waals surface area contributed by atoms with E-state index in [-0.39, 0.29) is 6.61 Å². The van der Waals surface area contributed by atoms with Gasteiger partial charge < -0.3 is 15.2 Å². The summed E-state index contributed by atoms with van der Waals surface area (Å²) in [7, 11) is 0. The molecule has 0 fully saturated rings. The van der Waals surface area contributed by atoms with Crippen LogP contribution >= 0.6 is 11.9 Å². The van der Waals surface area contributed by atoms with Gasteiger partial charge in [-0.2, -0.15) is 0 Å². The fourth-order valence-electron chi connectivity index (χ4n) is 0.972. The van der Waals surface area contributed by atoms with E-state index in [1.165, 1.54) is 13.8 Å². The molecule has 0 spiro atoms. The lowest BCUT2D eigenvalue weighted by Gasteiger charge is -2.27. The predicted molar refractivity (Wildman–Crippen MR) is 59.0 cm³/mol. The van der Waals surface area contributed by atoms with Gasteiger partial charge in [-0.15, -0.1) is 4.91 Å². The first-order chi connectivity index (χ1) is 7.35. The molecule has 0 heterocycles. The lowest BCUT2D eigenvalue weighted by atomic mass is 10.0. The van der Waals surface area contributed by atoms with Gasteiger partial charge in [0.25, 0.3) is 0 Å². The number of carbonyl (C=O) groups is 2. The van der Waals surface area contributed by atoms with E-state index in [0.717, 1.165) is 0 Å². The Morgan fingerprint density at radius 3 is 2.50 bits per heavy atom. The van der Waals surface area contributed by atoms with Crippen molar-refractivity contribution in [1.82, 2.24) is 5.32 Å². The first-order valence-electron chi connectivity index (χ1n) is 4.52. The smallest absolute Gasteiger partial charge is 0.407 e. The second kappa shape index (κ2) is 6.31. The molecule has 0 aromatic carbocycles. The second-order valence-corrected chi connectivity index (χ2v) is 4.79. The second-order valence-electron chi connectivity index (χ2n) is 3.41. The third-order valence-corrected chi connectivity index (χ3v) is 2.53. The zero-order chi connectivity index (χ0) is 12.8. The maximum atomic E-state index is 11.1. The minimum atomic E-state index is -1.26. The van der Waals surface area contributed by atoms with E-state index in [9.17, 15) is 14.5 Å². The molecule has 8 heteroatoms. The molecule has 2 N–H and O–H groups in total. The molecular formula is C8H14N2O5S. The quantitative estimate of drug-likeness (QED) is 0.545. The number of carboxylic acids is 1. The molecule has 0 aliphatic rings. The van der Waals surface area contributed by atoms with Crippen LogP contribution in [0.5, 0.6) is 0 Å². The summed E-state index contributed by atoms with van der Waals surface area (Å²) in [5.41, 5.74) is 0. The molecule has 0 rings (SSSR count). The van der Waals surface area contributed by atoms with E-state index in [2.05, 4.69) is 14.6 Å². The van der Waals surface area contributed by atoms with Gasteiger partial charge in [0.15, 0.2) is 0 Å². The lowest BCUT2D eigenvalue weighted by Crippen LogP contribution is -2.52. The van der Waals surface area contributed by atoms with Gasteiger partial charge in [-0.25, -0.2) is 9.59 Å².